The van der Waals surface area contributed by atoms with Gasteiger partial charge in [0, 0.05) is 51.8 Å². The van der Waals surface area contributed by atoms with E-state index >= 15 is 0 Å². The van der Waals surface area contributed by atoms with E-state index in [0.717, 1.165) is 43.0 Å². The molecule has 0 radical (unpaired) electrons. The third-order valence-corrected chi connectivity index (χ3v) is 5.93. The monoisotopic (exact) mass is 409 g/mol. The molecule has 0 bridgehead atoms. The predicted octanol–water partition coefficient (Wildman–Crippen LogP) is 3.55. The quantitative estimate of drug-likeness (QED) is 0.595. The van der Waals surface area contributed by atoms with Crippen molar-refractivity contribution in [3.8, 4) is 5.75 Å². The number of rotatable bonds is 7. The topological polar surface area (TPSA) is 44.7 Å². The van der Waals surface area contributed by atoms with E-state index in [0.29, 0.717) is 6.61 Å². The highest BCUT2D eigenvalue weighted by Crippen LogP contribution is 2.27. The fourth-order valence-corrected chi connectivity index (χ4v) is 4.31. The van der Waals surface area contributed by atoms with Crippen LogP contribution in [0, 0.1) is 0 Å². The van der Waals surface area contributed by atoms with Crippen molar-refractivity contribution >= 4 is 22.6 Å². The molecule has 3 aromatic rings. The standard InChI is InChI=1S/C22H27N5OS/c1-25(2)21-23-22(29-24-21)27-15-13-26(14-16-27)20(18-9-5-3-6-10-18)17-28-19-11-7-4-8-12-19/h3-12,20H,13-17H2,1-2H3. The number of benzene rings is 2. The average molecular weight is 410 g/mol. The largest absolute Gasteiger partial charge is 0.492 e. The Morgan fingerprint density at radius 1 is 0.966 bits per heavy atom. The molecule has 1 saturated heterocycles. The fraction of sp³-hybridized carbons (Fsp3) is 0.364. The molecule has 1 fully saturated rings. The highest BCUT2D eigenvalue weighted by molar-refractivity contribution is 7.09. The van der Waals surface area contributed by atoms with Gasteiger partial charge in [0.1, 0.15) is 12.4 Å². The maximum Gasteiger partial charge on any atom is 0.238 e. The summed E-state index contributed by atoms with van der Waals surface area (Å²) < 4.78 is 10.6. The number of hydrogen-bond donors (Lipinski definition) is 0. The van der Waals surface area contributed by atoms with Crippen molar-refractivity contribution in [2.75, 3.05) is 56.7 Å². The molecule has 152 valence electrons. The van der Waals surface area contributed by atoms with Gasteiger partial charge in [-0.05, 0) is 17.7 Å². The normalized spacial score (nSPS) is 15.9. The summed E-state index contributed by atoms with van der Waals surface area (Å²) in [7, 11) is 3.95. The van der Waals surface area contributed by atoms with E-state index in [2.05, 4.69) is 49.5 Å². The minimum absolute atomic E-state index is 0.227. The van der Waals surface area contributed by atoms with E-state index in [1.807, 2.05) is 49.3 Å². The van der Waals surface area contributed by atoms with Gasteiger partial charge in [-0.15, -0.1) is 0 Å². The van der Waals surface area contributed by atoms with Gasteiger partial charge < -0.3 is 14.5 Å². The summed E-state index contributed by atoms with van der Waals surface area (Å²) in [4.78, 5) is 11.5. The van der Waals surface area contributed by atoms with Crippen LogP contribution in [0.15, 0.2) is 60.7 Å². The summed E-state index contributed by atoms with van der Waals surface area (Å²) >= 11 is 1.48. The van der Waals surface area contributed by atoms with E-state index in [-0.39, 0.29) is 6.04 Å². The Balaban J connectivity index is 1.43. The lowest BCUT2D eigenvalue weighted by molar-refractivity contribution is 0.128. The molecular weight excluding hydrogens is 382 g/mol. The molecule has 0 aliphatic carbocycles. The smallest absolute Gasteiger partial charge is 0.238 e. The SMILES string of the molecule is CN(C)c1nsc(N2CCN(C(COc3ccccc3)c3ccccc3)CC2)n1. The van der Waals surface area contributed by atoms with Crippen molar-refractivity contribution in [1.82, 2.24) is 14.3 Å². The summed E-state index contributed by atoms with van der Waals surface area (Å²) in [5, 5.41) is 1.00. The second kappa shape index (κ2) is 9.24. The van der Waals surface area contributed by atoms with Gasteiger partial charge in [-0.25, -0.2) is 0 Å². The van der Waals surface area contributed by atoms with E-state index in [4.69, 9.17) is 4.74 Å². The number of hydrogen-bond acceptors (Lipinski definition) is 7. The van der Waals surface area contributed by atoms with Crippen LogP contribution < -0.4 is 14.5 Å². The molecule has 0 N–H and O–H groups in total. The summed E-state index contributed by atoms with van der Waals surface area (Å²) in [6.07, 6.45) is 0. The first-order valence-electron chi connectivity index (χ1n) is 9.93. The first-order valence-corrected chi connectivity index (χ1v) is 10.7. The van der Waals surface area contributed by atoms with Gasteiger partial charge in [-0.3, -0.25) is 4.90 Å². The van der Waals surface area contributed by atoms with Crippen LogP contribution in [0.1, 0.15) is 11.6 Å². The Morgan fingerprint density at radius 2 is 1.62 bits per heavy atom. The minimum atomic E-state index is 0.227. The maximum absolute atomic E-state index is 6.14. The molecule has 29 heavy (non-hydrogen) atoms. The number of anilines is 2. The van der Waals surface area contributed by atoms with Gasteiger partial charge in [0.05, 0.1) is 6.04 Å². The van der Waals surface area contributed by atoms with Crippen LogP contribution in [0.5, 0.6) is 5.75 Å². The number of aromatic nitrogens is 2. The second-order valence-corrected chi connectivity index (χ2v) is 8.08. The average Bonchev–Trinajstić information content (AvgIpc) is 3.27. The van der Waals surface area contributed by atoms with Crippen molar-refractivity contribution in [2.45, 2.75) is 6.04 Å². The zero-order valence-corrected chi connectivity index (χ0v) is 17.8. The predicted molar refractivity (Wildman–Crippen MR) is 119 cm³/mol. The van der Waals surface area contributed by atoms with Crippen molar-refractivity contribution in [3.63, 3.8) is 0 Å². The summed E-state index contributed by atoms with van der Waals surface area (Å²) in [5.74, 6) is 1.70. The molecule has 4 rings (SSSR count). The Labute approximate surface area is 176 Å². The molecule has 0 amide bonds. The fourth-order valence-electron chi connectivity index (χ4n) is 3.52. The van der Waals surface area contributed by atoms with Crippen molar-refractivity contribution in [3.05, 3.63) is 66.2 Å². The first-order chi connectivity index (χ1) is 14.2. The molecule has 1 aliphatic heterocycles. The molecule has 1 aliphatic rings. The highest BCUT2D eigenvalue weighted by atomic mass is 32.1. The molecule has 0 saturated carbocycles. The number of ether oxygens (including phenoxy) is 1. The van der Waals surface area contributed by atoms with E-state index in [1.165, 1.54) is 17.1 Å². The van der Waals surface area contributed by atoms with E-state index < -0.39 is 0 Å². The van der Waals surface area contributed by atoms with Crippen LogP contribution in [0.4, 0.5) is 11.1 Å². The van der Waals surface area contributed by atoms with Crippen LogP contribution >= 0.6 is 11.5 Å². The van der Waals surface area contributed by atoms with Gasteiger partial charge in [0.25, 0.3) is 0 Å². The first kappa shape index (κ1) is 19.7. The molecule has 1 atom stereocenters. The summed E-state index contributed by atoms with van der Waals surface area (Å²) in [5.41, 5.74) is 1.29. The summed E-state index contributed by atoms with van der Waals surface area (Å²) in [6.45, 7) is 4.45. The molecular formula is C22H27N5OS. The zero-order chi connectivity index (χ0) is 20.1. The molecule has 1 aromatic heterocycles. The van der Waals surface area contributed by atoms with Crippen LogP contribution in [-0.2, 0) is 0 Å². The van der Waals surface area contributed by atoms with Crippen LogP contribution in [0.25, 0.3) is 0 Å². The van der Waals surface area contributed by atoms with Crippen molar-refractivity contribution in [2.24, 2.45) is 0 Å². The Bertz CT molecular complexity index is 878. The van der Waals surface area contributed by atoms with Gasteiger partial charge >= 0.3 is 0 Å². The van der Waals surface area contributed by atoms with E-state index in [9.17, 15) is 0 Å². The molecule has 7 heteroatoms. The lowest BCUT2D eigenvalue weighted by atomic mass is 10.1. The highest BCUT2D eigenvalue weighted by Gasteiger charge is 2.27. The Morgan fingerprint density at radius 3 is 2.24 bits per heavy atom. The van der Waals surface area contributed by atoms with Crippen molar-refractivity contribution in [1.29, 1.82) is 0 Å². The Kier molecular flexibility index (Phi) is 6.27. The van der Waals surface area contributed by atoms with Gasteiger partial charge in [-0.2, -0.15) is 9.36 Å². The molecule has 6 nitrogen and oxygen atoms in total. The lowest BCUT2D eigenvalue weighted by Crippen LogP contribution is -2.48. The molecule has 0 spiro atoms. The van der Waals surface area contributed by atoms with E-state index in [1.54, 1.807) is 0 Å². The van der Waals surface area contributed by atoms with Gasteiger partial charge in [0.2, 0.25) is 11.1 Å². The third-order valence-electron chi connectivity index (χ3n) is 5.17. The van der Waals surface area contributed by atoms with Gasteiger partial charge in [0.15, 0.2) is 0 Å². The zero-order valence-electron chi connectivity index (χ0n) is 16.9. The summed E-state index contributed by atoms with van der Waals surface area (Å²) in [6, 6.07) is 20.9. The van der Waals surface area contributed by atoms with Crippen LogP contribution in [0.3, 0.4) is 0 Å². The number of nitrogens with zero attached hydrogens (tertiary/aromatic N) is 5. The molecule has 2 aromatic carbocycles. The second-order valence-electron chi connectivity index (χ2n) is 7.34. The lowest BCUT2D eigenvalue weighted by Gasteiger charge is -2.39. The van der Waals surface area contributed by atoms with Crippen LogP contribution in [-0.4, -0.2) is 61.1 Å². The number of para-hydroxylation sites is 1. The van der Waals surface area contributed by atoms with Gasteiger partial charge in [-0.1, -0.05) is 48.5 Å². The molecule has 2 heterocycles. The maximum atomic E-state index is 6.14. The minimum Gasteiger partial charge on any atom is -0.492 e. The Hall–Kier alpha value is -2.64. The number of piperazine rings is 1. The molecule has 1 unspecified atom stereocenters. The third kappa shape index (κ3) is 4.86. The van der Waals surface area contributed by atoms with Crippen molar-refractivity contribution < 1.29 is 4.74 Å². The van der Waals surface area contributed by atoms with Crippen LogP contribution in [0.2, 0.25) is 0 Å².